The van der Waals surface area contributed by atoms with E-state index in [-0.39, 0.29) is 29.6 Å². The van der Waals surface area contributed by atoms with E-state index in [2.05, 4.69) is 4.98 Å². The Morgan fingerprint density at radius 2 is 2.00 bits per heavy atom. The number of rotatable bonds is 0. The van der Waals surface area contributed by atoms with Gasteiger partial charge in [0.1, 0.15) is 5.52 Å². The molecule has 1 aromatic carbocycles. The first-order chi connectivity index (χ1) is 4.47. The number of oxazole rings is 1. The number of benzene rings is 1. The number of para-hydroxylation sites is 2. The van der Waals surface area contributed by atoms with Crippen molar-refractivity contribution < 1.29 is 4.42 Å². The molecule has 2 nitrogen and oxygen atoms in total. The topological polar surface area (TPSA) is 26.0 Å². The minimum Gasteiger partial charge on any atom is -0.443 e. The molecule has 0 radical (unpaired) electrons. The molecule has 0 saturated heterocycles. The molecule has 0 unspecified atom stereocenters. The quantitative estimate of drug-likeness (QED) is 0.517. The number of hydrogen-bond donors (Lipinski definition) is 0. The third-order valence-corrected chi connectivity index (χ3v) is 1.24. The van der Waals surface area contributed by atoms with Gasteiger partial charge in [-0.2, -0.15) is 0 Å². The third-order valence-electron chi connectivity index (χ3n) is 1.24. The van der Waals surface area contributed by atoms with Crippen molar-refractivity contribution in [1.29, 1.82) is 0 Å². The zero-order valence-corrected chi connectivity index (χ0v) is 4.74. The van der Waals surface area contributed by atoms with E-state index in [0.29, 0.717) is 0 Å². The van der Waals surface area contributed by atoms with E-state index in [1.54, 1.807) is 0 Å². The SMILES string of the molecule is [NaH].c1ccc2ocnc2c1. The molecule has 0 aliphatic rings. The summed E-state index contributed by atoms with van der Waals surface area (Å²) in [4.78, 5) is 3.95. The van der Waals surface area contributed by atoms with Gasteiger partial charge in [-0.05, 0) is 12.1 Å². The van der Waals surface area contributed by atoms with Crippen LogP contribution in [0.4, 0.5) is 0 Å². The Labute approximate surface area is 80.5 Å². The number of aromatic nitrogens is 1. The third kappa shape index (κ3) is 1.24. The average Bonchev–Trinajstić information content (AvgIpc) is 2.33. The molecule has 0 N–H and O–H groups in total. The van der Waals surface area contributed by atoms with Gasteiger partial charge in [-0.25, -0.2) is 4.98 Å². The standard InChI is InChI=1S/C7H5NO.Na.H/c1-2-4-7-6(3-1)8-5-9-7;;/h1-5H;;. The van der Waals surface area contributed by atoms with Gasteiger partial charge in [0.2, 0.25) is 0 Å². The molecular weight excluding hydrogens is 137 g/mol. The second kappa shape index (κ2) is 3.19. The van der Waals surface area contributed by atoms with Crippen molar-refractivity contribution in [1.82, 2.24) is 4.98 Å². The molecule has 0 spiro atoms. The van der Waals surface area contributed by atoms with Gasteiger partial charge >= 0.3 is 29.6 Å². The second-order valence-corrected chi connectivity index (χ2v) is 1.82. The van der Waals surface area contributed by atoms with Crippen LogP contribution in [0.15, 0.2) is 35.1 Å². The largest absolute Gasteiger partial charge is 0.443 e. The van der Waals surface area contributed by atoms with Crippen LogP contribution in [0.5, 0.6) is 0 Å². The number of nitrogens with zero attached hydrogens (tertiary/aromatic N) is 1. The van der Waals surface area contributed by atoms with Crippen LogP contribution in [0, 0.1) is 0 Å². The predicted molar refractivity (Wildman–Crippen MR) is 41.2 cm³/mol. The van der Waals surface area contributed by atoms with Gasteiger partial charge in [-0.1, -0.05) is 12.1 Å². The molecule has 0 aliphatic heterocycles. The van der Waals surface area contributed by atoms with Gasteiger partial charge in [0, 0.05) is 0 Å². The maximum absolute atomic E-state index is 5.01. The van der Waals surface area contributed by atoms with Crippen molar-refractivity contribution in [3.05, 3.63) is 30.7 Å². The Bertz CT molecular complexity index is 288. The van der Waals surface area contributed by atoms with E-state index in [1.807, 2.05) is 24.3 Å². The molecule has 0 atom stereocenters. The summed E-state index contributed by atoms with van der Waals surface area (Å²) in [5.74, 6) is 0. The van der Waals surface area contributed by atoms with Crippen LogP contribution in [0.25, 0.3) is 11.1 Å². The summed E-state index contributed by atoms with van der Waals surface area (Å²) in [6.45, 7) is 0. The normalized spacial score (nSPS) is 9.20. The van der Waals surface area contributed by atoms with Crippen molar-refractivity contribution in [3.8, 4) is 0 Å². The summed E-state index contributed by atoms with van der Waals surface area (Å²) in [5.41, 5.74) is 1.76. The molecule has 2 rings (SSSR count). The van der Waals surface area contributed by atoms with Gasteiger partial charge in [-0.15, -0.1) is 0 Å². The first-order valence-corrected chi connectivity index (χ1v) is 2.75. The molecule has 1 heterocycles. The number of fused-ring (bicyclic) bond motifs is 1. The molecule has 3 heteroatoms. The van der Waals surface area contributed by atoms with E-state index < -0.39 is 0 Å². The van der Waals surface area contributed by atoms with Crippen LogP contribution in [0.2, 0.25) is 0 Å². The Balaban J connectivity index is 0.000000500. The molecule has 0 bridgehead atoms. The van der Waals surface area contributed by atoms with Gasteiger partial charge < -0.3 is 4.42 Å². The van der Waals surface area contributed by atoms with E-state index >= 15 is 0 Å². The van der Waals surface area contributed by atoms with Crippen LogP contribution in [-0.2, 0) is 0 Å². The van der Waals surface area contributed by atoms with Crippen molar-refractivity contribution in [2.75, 3.05) is 0 Å². The van der Waals surface area contributed by atoms with Crippen molar-refractivity contribution in [2.24, 2.45) is 0 Å². The average molecular weight is 143 g/mol. The summed E-state index contributed by atoms with van der Waals surface area (Å²) in [5, 5.41) is 0. The first kappa shape index (κ1) is 7.79. The van der Waals surface area contributed by atoms with E-state index in [4.69, 9.17) is 4.42 Å². The summed E-state index contributed by atoms with van der Waals surface area (Å²) in [6.07, 6.45) is 1.45. The van der Waals surface area contributed by atoms with E-state index in [0.717, 1.165) is 11.1 Å². The minimum atomic E-state index is 0. The predicted octanol–water partition coefficient (Wildman–Crippen LogP) is 1.18. The maximum atomic E-state index is 5.01. The van der Waals surface area contributed by atoms with Crippen molar-refractivity contribution in [2.45, 2.75) is 0 Å². The van der Waals surface area contributed by atoms with Crippen LogP contribution >= 0.6 is 0 Å². The minimum absolute atomic E-state index is 0. The fraction of sp³-hybridized carbons (Fsp3) is 0. The molecule has 0 saturated carbocycles. The Kier molecular flexibility index (Phi) is 2.49. The van der Waals surface area contributed by atoms with Gasteiger partial charge in [-0.3, -0.25) is 0 Å². The molecular formula is C7H6NNaO. The molecule has 0 amide bonds. The zero-order valence-electron chi connectivity index (χ0n) is 4.74. The first-order valence-electron chi connectivity index (χ1n) is 2.75. The summed E-state index contributed by atoms with van der Waals surface area (Å²) >= 11 is 0. The Morgan fingerprint density at radius 1 is 1.20 bits per heavy atom. The smallest absolute Gasteiger partial charge is 0.181 e. The maximum Gasteiger partial charge on any atom is 0.181 e. The molecule has 10 heavy (non-hydrogen) atoms. The fourth-order valence-corrected chi connectivity index (χ4v) is 0.803. The van der Waals surface area contributed by atoms with Crippen LogP contribution in [0.1, 0.15) is 0 Å². The monoisotopic (exact) mass is 143 g/mol. The van der Waals surface area contributed by atoms with Crippen molar-refractivity contribution >= 4 is 40.7 Å². The molecule has 0 fully saturated rings. The zero-order chi connectivity index (χ0) is 6.10. The second-order valence-electron chi connectivity index (χ2n) is 1.82. The van der Waals surface area contributed by atoms with Gasteiger partial charge in [0.25, 0.3) is 0 Å². The van der Waals surface area contributed by atoms with Gasteiger partial charge in [0.15, 0.2) is 12.0 Å². The van der Waals surface area contributed by atoms with Crippen LogP contribution < -0.4 is 0 Å². The van der Waals surface area contributed by atoms with E-state index in [1.165, 1.54) is 6.39 Å². The van der Waals surface area contributed by atoms with Crippen LogP contribution in [-0.4, -0.2) is 34.5 Å². The molecule has 2 aromatic rings. The number of hydrogen-bond acceptors (Lipinski definition) is 2. The molecule has 46 valence electrons. The Hall–Kier alpha value is -0.310. The van der Waals surface area contributed by atoms with Crippen molar-refractivity contribution in [3.63, 3.8) is 0 Å². The Morgan fingerprint density at radius 3 is 2.80 bits per heavy atom. The summed E-state index contributed by atoms with van der Waals surface area (Å²) in [6, 6.07) is 7.67. The van der Waals surface area contributed by atoms with Gasteiger partial charge in [0.05, 0.1) is 0 Å². The summed E-state index contributed by atoms with van der Waals surface area (Å²) < 4.78 is 5.01. The fourth-order valence-electron chi connectivity index (χ4n) is 0.803. The summed E-state index contributed by atoms with van der Waals surface area (Å²) in [7, 11) is 0. The van der Waals surface area contributed by atoms with E-state index in [9.17, 15) is 0 Å². The van der Waals surface area contributed by atoms with Crippen LogP contribution in [0.3, 0.4) is 0 Å². The molecule has 0 aliphatic carbocycles. The molecule has 1 aromatic heterocycles.